The Balaban J connectivity index is 1.74. The topological polar surface area (TPSA) is 46.4 Å². The summed E-state index contributed by atoms with van der Waals surface area (Å²) in [6.45, 7) is 6.24. The minimum Gasteiger partial charge on any atom is -0.371 e. The fraction of sp³-hybridized carbons (Fsp3) is 0.333. The van der Waals surface area contributed by atoms with E-state index in [1.165, 1.54) is 28.8 Å². The molecule has 0 amide bonds. The van der Waals surface area contributed by atoms with Gasteiger partial charge in [0.1, 0.15) is 0 Å². The summed E-state index contributed by atoms with van der Waals surface area (Å²) in [5, 5.41) is 10.8. The SMILES string of the molecule is CC(C)=Cc1ccc2c(c1)N(CCc1ccc([N+](=O)[O-])cc1)CCC2. The number of anilines is 1. The highest BCUT2D eigenvalue weighted by Crippen LogP contribution is 2.29. The first-order valence-corrected chi connectivity index (χ1v) is 8.79. The Morgan fingerprint density at radius 3 is 2.64 bits per heavy atom. The van der Waals surface area contributed by atoms with Crippen LogP contribution in [0, 0.1) is 10.1 Å². The normalized spacial score (nSPS) is 13.3. The molecule has 0 aromatic heterocycles. The molecule has 2 aromatic rings. The van der Waals surface area contributed by atoms with Crippen LogP contribution in [0.4, 0.5) is 11.4 Å². The van der Waals surface area contributed by atoms with Gasteiger partial charge in [-0.25, -0.2) is 0 Å². The highest BCUT2D eigenvalue weighted by molar-refractivity contribution is 5.64. The third kappa shape index (κ3) is 4.27. The van der Waals surface area contributed by atoms with Crippen molar-refractivity contribution in [2.75, 3.05) is 18.0 Å². The minimum absolute atomic E-state index is 0.151. The quantitative estimate of drug-likeness (QED) is 0.569. The highest BCUT2D eigenvalue weighted by Gasteiger charge is 2.17. The summed E-state index contributed by atoms with van der Waals surface area (Å²) in [7, 11) is 0. The van der Waals surface area contributed by atoms with Crippen molar-refractivity contribution in [1.82, 2.24) is 0 Å². The van der Waals surface area contributed by atoms with E-state index in [9.17, 15) is 10.1 Å². The number of hydrogen-bond donors (Lipinski definition) is 0. The number of hydrogen-bond acceptors (Lipinski definition) is 3. The minimum atomic E-state index is -0.352. The van der Waals surface area contributed by atoms with Gasteiger partial charge in [0, 0.05) is 30.9 Å². The Hall–Kier alpha value is -2.62. The second kappa shape index (κ2) is 7.51. The number of rotatable bonds is 5. The van der Waals surface area contributed by atoms with Crippen molar-refractivity contribution < 1.29 is 4.92 Å². The van der Waals surface area contributed by atoms with Crippen LogP contribution in [0.3, 0.4) is 0 Å². The van der Waals surface area contributed by atoms with E-state index in [1.54, 1.807) is 12.1 Å². The van der Waals surface area contributed by atoms with Gasteiger partial charge in [-0.1, -0.05) is 35.9 Å². The number of non-ortho nitro benzene ring substituents is 1. The number of nitro groups is 1. The molecule has 0 radical (unpaired) electrons. The largest absolute Gasteiger partial charge is 0.371 e. The first-order valence-electron chi connectivity index (χ1n) is 8.79. The predicted molar refractivity (Wildman–Crippen MR) is 103 cm³/mol. The summed E-state index contributed by atoms with van der Waals surface area (Å²) in [5.74, 6) is 0. The summed E-state index contributed by atoms with van der Waals surface area (Å²) < 4.78 is 0. The van der Waals surface area contributed by atoms with Gasteiger partial charge in [0.25, 0.3) is 5.69 Å². The van der Waals surface area contributed by atoms with E-state index in [1.807, 2.05) is 12.1 Å². The van der Waals surface area contributed by atoms with E-state index in [-0.39, 0.29) is 10.6 Å². The van der Waals surface area contributed by atoms with Crippen molar-refractivity contribution in [2.24, 2.45) is 0 Å². The molecule has 2 aromatic carbocycles. The lowest BCUT2D eigenvalue weighted by Gasteiger charge is -2.31. The molecule has 0 fully saturated rings. The van der Waals surface area contributed by atoms with Crippen LogP contribution in [0.5, 0.6) is 0 Å². The number of aryl methyl sites for hydroxylation is 1. The summed E-state index contributed by atoms with van der Waals surface area (Å²) in [6.07, 6.45) is 5.42. The maximum atomic E-state index is 10.8. The lowest BCUT2D eigenvalue weighted by atomic mass is 9.98. The Kier molecular flexibility index (Phi) is 5.17. The lowest BCUT2D eigenvalue weighted by Crippen LogP contribution is -2.31. The molecule has 4 nitrogen and oxygen atoms in total. The van der Waals surface area contributed by atoms with Gasteiger partial charge in [0.15, 0.2) is 0 Å². The average molecular weight is 336 g/mol. The molecule has 1 heterocycles. The maximum absolute atomic E-state index is 10.8. The van der Waals surface area contributed by atoms with Crippen molar-refractivity contribution in [1.29, 1.82) is 0 Å². The summed E-state index contributed by atoms with van der Waals surface area (Å²) in [4.78, 5) is 12.9. The molecule has 0 spiro atoms. The molecular weight excluding hydrogens is 312 g/mol. The first-order chi connectivity index (χ1) is 12.0. The summed E-state index contributed by atoms with van der Waals surface area (Å²) in [5.41, 5.74) is 6.59. The molecule has 1 aliphatic heterocycles. The number of nitrogens with zero attached hydrogens (tertiary/aromatic N) is 2. The number of fused-ring (bicyclic) bond motifs is 1. The predicted octanol–water partition coefficient (Wildman–Crippen LogP) is 5.01. The third-order valence-electron chi connectivity index (χ3n) is 4.60. The Morgan fingerprint density at radius 2 is 1.96 bits per heavy atom. The van der Waals surface area contributed by atoms with E-state index in [4.69, 9.17) is 0 Å². The second-order valence-electron chi connectivity index (χ2n) is 6.87. The van der Waals surface area contributed by atoms with Gasteiger partial charge >= 0.3 is 0 Å². The van der Waals surface area contributed by atoms with Gasteiger partial charge in [-0.05, 0) is 55.9 Å². The molecule has 130 valence electrons. The van der Waals surface area contributed by atoms with Crippen molar-refractivity contribution in [3.63, 3.8) is 0 Å². The van der Waals surface area contributed by atoms with Gasteiger partial charge in [0.05, 0.1) is 4.92 Å². The Morgan fingerprint density at radius 1 is 1.20 bits per heavy atom. The molecule has 4 heteroatoms. The maximum Gasteiger partial charge on any atom is 0.269 e. The molecular formula is C21H24N2O2. The van der Waals surface area contributed by atoms with Crippen LogP contribution < -0.4 is 4.90 Å². The third-order valence-corrected chi connectivity index (χ3v) is 4.60. The zero-order chi connectivity index (χ0) is 17.8. The van der Waals surface area contributed by atoms with Gasteiger partial charge in [-0.2, -0.15) is 0 Å². The Labute approximate surface area is 148 Å². The van der Waals surface area contributed by atoms with Crippen LogP contribution in [-0.4, -0.2) is 18.0 Å². The number of benzene rings is 2. The molecule has 3 rings (SSSR count). The first kappa shape index (κ1) is 17.2. The van der Waals surface area contributed by atoms with Gasteiger partial charge in [-0.15, -0.1) is 0 Å². The van der Waals surface area contributed by atoms with Crippen LogP contribution in [0.15, 0.2) is 48.0 Å². The zero-order valence-corrected chi connectivity index (χ0v) is 14.9. The monoisotopic (exact) mass is 336 g/mol. The van der Waals surface area contributed by atoms with Crippen LogP contribution in [-0.2, 0) is 12.8 Å². The molecule has 0 saturated carbocycles. The molecule has 1 aliphatic rings. The molecule has 0 saturated heterocycles. The van der Waals surface area contributed by atoms with E-state index in [0.29, 0.717) is 0 Å². The molecule has 0 N–H and O–H groups in total. The van der Waals surface area contributed by atoms with Gasteiger partial charge in [0.2, 0.25) is 0 Å². The van der Waals surface area contributed by atoms with Crippen LogP contribution in [0.1, 0.15) is 37.0 Å². The smallest absolute Gasteiger partial charge is 0.269 e. The molecule has 0 bridgehead atoms. The zero-order valence-electron chi connectivity index (χ0n) is 14.9. The van der Waals surface area contributed by atoms with E-state index in [0.717, 1.165) is 31.5 Å². The fourth-order valence-electron chi connectivity index (χ4n) is 3.37. The van der Waals surface area contributed by atoms with Crippen molar-refractivity contribution in [2.45, 2.75) is 33.1 Å². The van der Waals surface area contributed by atoms with Crippen LogP contribution in [0.2, 0.25) is 0 Å². The van der Waals surface area contributed by atoms with Crippen molar-refractivity contribution in [3.05, 3.63) is 74.8 Å². The van der Waals surface area contributed by atoms with Crippen molar-refractivity contribution in [3.8, 4) is 0 Å². The van der Waals surface area contributed by atoms with E-state index in [2.05, 4.69) is 43.0 Å². The standard InChI is InChI=1S/C21H24N2O2/c1-16(2)14-18-5-8-19-4-3-12-22(21(19)15-18)13-11-17-6-9-20(10-7-17)23(24)25/h5-10,14-15H,3-4,11-13H2,1-2H3. The summed E-state index contributed by atoms with van der Waals surface area (Å²) in [6, 6.07) is 13.6. The molecule has 0 atom stereocenters. The number of allylic oxidation sites excluding steroid dienone is 1. The average Bonchev–Trinajstić information content (AvgIpc) is 2.59. The molecule has 25 heavy (non-hydrogen) atoms. The van der Waals surface area contributed by atoms with E-state index < -0.39 is 0 Å². The van der Waals surface area contributed by atoms with Gasteiger partial charge in [-0.3, -0.25) is 10.1 Å². The van der Waals surface area contributed by atoms with E-state index >= 15 is 0 Å². The highest BCUT2D eigenvalue weighted by atomic mass is 16.6. The fourth-order valence-corrected chi connectivity index (χ4v) is 3.37. The Bertz CT molecular complexity index is 790. The lowest BCUT2D eigenvalue weighted by molar-refractivity contribution is -0.384. The van der Waals surface area contributed by atoms with Crippen molar-refractivity contribution >= 4 is 17.5 Å². The number of nitro benzene ring substituents is 1. The second-order valence-corrected chi connectivity index (χ2v) is 6.87. The van der Waals surface area contributed by atoms with Gasteiger partial charge < -0.3 is 4.90 Å². The molecule has 0 unspecified atom stereocenters. The van der Waals surface area contributed by atoms with Crippen LogP contribution in [0.25, 0.3) is 6.08 Å². The van der Waals surface area contributed by atoms with Crippen LogP contribution >= 0.6 is 0 Å². The molecule has 0 aliphatic carbocycles. The summed E-state index contributed by atoms with van der Waals surface area (Å²) >= 11 is 0.